The molecule has 0 bridgehead atoms. The zero-order valence-electron chi connectivity index (χ0n) is 14.2. The minimum absolute atomic E-state index is 0.128. The predicted molar refractivity (Wildman–Crippen MR) is 108 cm³/mol. The topological polar surface area (TPSA) is 75.9 Å². The van der Waals surface area contributed by atoms with E-state index in [1.807, 2.05) is 18.2 Å². The Hall–Kier alpha value is -2.52. The number of nitrogen functional groups attached to an aromatic ring is 1. The largest absolute Gasteiger partial charge is 0.418 e. The number of alkyl halides is 3. The van der Waals surface area contributed by atoms with Gasteiger partial charge in [0, 0.05) is 29.1 Å². The van der Waals surface area contributed by atoms with Crippen molar-refractivity contribution < 1.29 is 13.2 Å². The van der Waals surface area contributed by atoms with Crippen LogP contribution in [0.2, 0.25) is 5.02 Å². The number of benzene rings is 2. The Labute approximate surface area is 172 Å². The van der Waals surface area contributed by atoms with Gasteiger partial charge in [0.1, 0.15) is 5.82 Å². The van der Waals surface area contributed by atoms with Crippen LogP contribution in [-0.2, 0) is 12.7 Å². The zero-order valence-corrected chi connectivity index (χ0v) is 16.5. The van der Waals surface area contributed by atoms with Gasteiger partial charge in [-0.1, -0.05) is 29.8 Å². The highest BCUT2D eigenvalue weighted by atomic mass is 79.9. The molecule has 10 heteroatoms. The number of hydrogen-bond donors (Lipinski definition) is 3. The average molecular weight is 473 g/mol. The van der Waals surface area contributed by atoms with Crippen molar-refractivity contribution in [3.63, 3.8) is 0 Å². The van der Waals surface area contributed by atoms with Crippen molar-refractivity contribution in [1.29, 1.82) is 0 Å². The van der Waals surface area contributed by atoms with Gasteiger partial charge < -0.3 is 16.4 Å². The molecular formula is C18H14BrClF3N5. The maximum absolute atomic E-state index is 13.0. The van der Waals surface area contributed by atoms with E-state index in [1.165, 1.54) is 18.3 Å². The Bertz CT molecular complexity index is 997. The summed E-state index contributed by atoms with van der Waals surface area (Å²) in [5, 5.41) is 6.49. The lowest BCUT2D eigenvalue weighted by atomic mass is 10.1. The second-order valence-corrected chi connectivity index (χ2v) is 7.02. The van der Waals surface area contributed by atoms with E-state index >= 15 is 0 Å². The van der Waals surface area contributed by atoms with Crippen LogP contribution in [0.4, 0.5) is 36.3 Å². The number of rotatable bonds is 5. The molecule has 0 atom stereocenters. The third-order valence-electron chi connectivity index (χ3n) is 3.76. The van der Waals surface area contributed by atoms with E-state index in [0.717, 1.165) is 11.6 Å². The molecule has 0 unspecified atom stereocenters. The summed E-state index contributed by atoms with van der Waals surface area (Å²) in [6.45, 7) is 0.412. The number of nitrogens with one attached hydrogen (secondary N) is 2. The van der Waals surface area contributed by atoms with Crippen molar-refractivity contribution >= 4 is 50.7 Å². The van der Waals surface area contributed by atoms with Gasteiger partial charge in [0.05, 0.1) is 10.0 Å². The summed E-state index contributed by atoms with van der Waals surface area (Å²) >= 11 is 9.48. The third kappa shape index (κ3) is 4.85. The standard InChI is InChI=1S/C18H14BrClF3N5/c19-13-9-26-17(27-11-5-6-15(24)12(7-11)18(21,22)23)28-16(13)25-8-10-3-1-2-4-14(10)20/h1-7,9H,8,24H2,(H2,25,26,27,28). The normalized spacial score (nSPS) is 11.3. The van der Waals surface area contributed by atoms with Crippen molar-refractivity contribution in [2.75, 3.05) is 16.4 Å². The van der Waals surface area contributed by atoms with Crippen LogP contribution in [0.25, 0.3) is 0 Å². The highest BCUT2D eigenvalue weighted by molar-refractivity contribution is 9.10. The van der Waals surface area contributed by atoms with Crippen LogP contribution in [0, 0.1) is 0 Å². The summed E-state index contributed by atoms with van der Waals surface area (Å²) in [4.78, 5) is 8.36. The van der Waals surface area contributed by atoms with E-state index < -0.39 is 11.7 Å². The Kier molecular flexibility index (Phi) is 5.95. The van der Waals surface area contributed by atoms with Gasteiger partial charge in [-0.3, -0.25) is 0 Å². The molecule has 5 nitrogen and oxygen atoms in total. The summed E-state index contributed by atoms with van der Waals surface area (Å²) in [5.74, 6) is 0.590. The van der Waals surface area contributed by atoms with E-state index in [2.05, 4.69) is 36.5 Å². The van der Waals surface area contributed by atoms with Gasteiger partial charge >= 0.3 is 6.18 Å². The van der Waals surface area contributed by atoms with E-state index in [1.54, 1.807) is 6.07 Å². The molecule has 0 radical (unpaired) electrons. The molecule has 4 N–H and O–H groups in total. The van der Waals surface area contributed by atoms with Gasteiger partial charge in [0.15, 0.2) is 0 Å². The Morgan fingerprint density at radius 1 is 1.14 bits per heavy atom. The fourth-order valence-electron chi connectivity index (χ4n) is 2.38. The highest BCUT2D eigenvalue weighted by Crippen LogP contribution is 2.35. The predicted octanol–water partition coefficient (Wildman–Crippen LogP) is 5.85. The fraction of sp³-hybridized carbons (Fsp3) is 0.111. The first-order chi connectivity index (χ1) is 13.2. The number of aromatic nitrogens is 2. The fourth-order valence-corrected chi connectivity index (χ4v) is 2.91. The molecule has 28 heavy (non-hydrogen) atoms. The summed E-state index contributed by atoms with van der Waals surface area (Å²) in [6, 6.07) is 10.9. The molecule has 1 heterocycles. The molecule has 0 aliphatic carbocycles. The maximum Gasteiger partial charge on any atom is 0.418 e. The van der Waals surface area contributed by atoms with Crippen LogP contribution in [-0.4, -0.2) is 9.97 Å². The van der Waals surface area contributed by atoms with Gasteiger partial charge in [0.2, 0.25) is 5.95 Å². The molecule has 0 amide bonds. The van der Waals surface area contributed by atoms with Gasteiger partial charge in [-0.15, -0.1) is 0 Å². The minimum atomic E-state index is -4.55. The van der Waals surface area contributed by atoms with E-state index in [-0.39, 0.29) is 17.3 Å². The van der Waals surface area contributed by atoms with Crippen LogP contribution >= 0.6 is 27.5 Å². The van der Waals surface area contributed by atoms with Gasteiger partial charge in [-0.25, -0.2) is 4.98 Å². The van der Waals surface area contributed by atoms with Crippen LogP contribution < -0.4 is 16.4 Å². The SMILES string of the molecule is Nc1ccc(Nc2ncc(Br)c(NCc3ccccc3Cl)n2)cc1C(F)(F)F. The Morgan fingerprint density at radius 2 is 1.89 bits per heavy atom. The molecule has 1 aromatic heterocycles. The quantitative estimate of drug-likeness (QED) is 0.406. The number of hydrogen-bond acceptors (Lipinski definition) is 5. The first-order valence-electron chi connectivity index (χ1n) is 7.97. The van der Waals surface area contributed by atoms with Crippen LogP contribution in [0.5, 0.6) is 0 Å². The van der Waals surface area contributed by atoms with Crippen LogP contribution in [0.3, 0.4) is 0 Å². The van der Waals surface area contributed by atoms with Gasteiger partial charge in [-0.05, 0) is 45.8 Å². The smallest absolute Gasteiger partial charge is 0.398 e. The molecule has 3 rings (SSSR count). The average Bonchev–Trinajstić information content (AvgIpc) is 2.64. The summed E-state index contributed by atoms with van der Waals surface area (Å²) in [7, 11) is 0. The van der Waals surface area contributed by atoms with Crippen LogP contribution in [0.1, 0.15) is 11.1 Å². The summed E-state index contributed by atoms with van der Waals surface area (Å²) in [6.07, 6.45) is -3.06. The van der Waals surface area contributed by atoms with E-state index in [0.29, 0.717) is 21.9 Å². The Morgan fingerprint density at radius 3 is 2.61 bits per heavy atom. The van der Waals surface area contributed by atoms with Crippen molar-refractivity contribution in [2.24, 2.45) is 0 Å². The zero-order chi connectivity index (χ0) is 20.3. The molecule has 0 saturated heterocycles. The van der Waals surface area contributed by atoms with Crippen molar-refractivity contribution in [2.45, 2.75) is 12.7 Å². The lowest BCUT2D eigenvalue weighted by Gasteiger charge is -2.13. The molecular weight excluding hydrogens is 459 g/mol. The van der Waals surface area contributed by atoms with Gasteiger partial charge in [0.25, 0.3) is 0 Å². The van der Waals surface area contributed by atoms with Gasteiger partial charge in [-0.2, -0.15) is 18.2 Å². The number of halogens is 5. The third-order valence-corrected chi connectivity index (χ3v) is 4.71. The minimum Gasteiger partial charge on any atom is -0.398 e. The van der Waals surface area contributed by atoms with Crippen molar-refractivity contribution in [3.05, 3.63) is 69.3 Å². The molecule has 3 aromatic rings. The van der Waals surface area contributed by atoms with Crippen molar-refractivity contribution in [3.8, 4) is 0 Å². The molecule has 0 aliphatic heterocycles. The monoisotopic (exact) mass is 471 g/mol. The number of nitrogens with zero attached hydrogens (tertiary/aromatic N) is 2. The van der Waals surface area contributed by atoms with E-state index in [9.17, 15) is 13.2 Å². The molecule has 0 spiro atoms. The summed E-state index contributed by atoms with van der Waals surface area (Å²) < 4.78 is 39.6. The summed E-state index contributed by atoms with van der Waals surface area (Å²) in [5.41, 5.74) is 5.18. The number of anilines is 4. The second-order valence-electron chi connectivity index (χ2n) is 5.76. The second kappa shape index (κ2) is 8.24. The molecule has 0 fully saturated rings. The molecule has 0 saturated carbocycles. The molecule has 2 aromatic carbocycles. The van der Waals surface area contributed by atoms with Crippen LogP contribution in [0.15, 0.2) is 53.1 Å². The lowest BCUT2D eigenvalue weighted by Crippen LogP contribution is -2.10. The first kappa shape index (κ1) is 20.2. The highest BCUT2D eigenvalue weighted by Gasteiger charge is 2.33. The Balaban J connectivity index is 1.79. The molecule has 0 aliphatic rings. The number of nitrogens with two attached hydrogens (primary N) is 1. The maximum atomic E-state index is 13.0. The van der Waals surface area contributed by atoms with Crippen molar-refractivity contribution in [1.82, 2.24) is 9.97 Å². The first-order valence-corrected chi connectivity index (χ1v) is 9.14. The molecule has 146 valence electrons. The van der Waals surface area contributed by atoms with E-state index in [4.69, 9.17) is 17.3 Å². The lowest BCUT2D eigenvalue weighted by molar-refractivity contribution is -0.136.